The van der Waals surface area contributed by atoms with Crippen molar-refractivity contribution in [2.75, 3.05) is 0 Å². The van der Waals surface area contributed by atoms with Crippen molar-refractivity contribution in [1.82, 2.24) is 24.7 Å². The fourth-order valence-electron chi connectivity index (χ4n) is 4.98. The molecule has 9 heteroatoms. The van der Waals surface area contributed by atoms with E-state index in [4.69, 9.17) is 30.8 Å². The Balaban J connectivity index is 1.36. The third kappa shape index (κ3) is 3.84. The van der Waals surface area contributed by atoms with Gasteiger partial charge in [-0.2, -0.15) is 0 Å². The fraction of sp³-hybridized carbons (Fsp3) is 0.214. The number of fused-ring (bicyclic) bond motifs is 3. The van der Waals surface area contributed by atoms with Crippen molar-refractivity contribution in [1.29, 1.82) is 0 Å². The van der Waals surface area contributed by atoms with Crippen LogP contribution in [0.25, 0.3) is 22.4 Å². The molecular weight excluding hydrogens is 490 g/mol. The van der Waals surface area contributed by atoms with E-state index < -0.39 is 5.76 Å². The van der Waals surface area contributed by atoms with Crippen LogP contribution in [0.15, 0.2) is 64.0 Å². The number of ether oxygens (including phenoxy) is 1. The van der Waals surface area contributed by atoms with Gasteiger partial charge in [0.25, 0.3) is 0 Å². The highest BCUT2D eigenvalue weighted by molar-refractivity contribution is 6.34. The smallest absolute Gasteiger partial charge is 0.439 e. The zero-order valence-electron chi connectivity index (χ0n) is 20.0. The van der Waals surface area contributed by atoms with Gasteiger partial charge < -0.3 is 9.30 Å². The number of pyridine rings is 1. The maximum absolute atomic E-state index is 11.6. The number of para-hydroxylation sites is 2. The van der Waals surface area contributed by atoms with Gasteiger partial charge in [0, 0.05) is 24.1 Å². The number of aromatic amines is 1. The number of halogens is 1. The molecule has 7 rings (SSSR count). The number of H-pyrrole nitrogens is 1. The molecule has 0 unspecified atom stereocenters. The first-order chi connectivity index (χ1) is 18.0. The number of allylic oxidation sites excluding steroid dienone is 1. The predicted octanol–water partition coefficient (Wildman–Crippen LogP) is 5.56. The highest BCUT2D eigenvalue weighted by Gasteiger charge is 2.30. The molecule has 1 saturated carbocycles. The molecule has 0 atom stereocenters. The van der Waals surface area contributed by atoms with Crippen molar-refractivity contribution in [2.45, 2.75) is 38.6 Å². The summed E-state index contributed by atoms with van der Waals surface area (Å²) < 4.78 is 13.4. The lowest BCUT2D eigenvalue weighted by atomic mass is 10.0. The van der Waals surface area contributed by atoms with Crippen LogP contribution in [0, 0.1) is 0 Å². The number of hydrogen-bond donors (Lipinski definition) is 1. The molecule has 1 aliphatic carbocycles. The van der Waals surface area contributed by atoms with Gasteiger partial charge in [-0.1, -0.05) is 41.0 Å². The maximum atomic E-state index is 11.6. The van der Waals surface area contributed by atoms with Gasteiger partial charge in [0.2, 0.25) is 0 Å². The van der Waals surface area contributed by atoms with Crippen LogP contribution in [0.2, 0.25) is 5.02 Å². The Morgan fingerprint density at radius 3 is 2.84 bits per heavy atom. The number of hydrogen-bond acceptors (Lipinski definition) is 6. The topological polar surface area (TPSA) is 98.8 Å². The second-order valence-corrected chi connectivity index (χ2v) is 9.98. The number of imidazole rings is 1. The summed E-state index contributed by atoms with van der Waals surface area (Å²) >= 11 is 6.49. The normalized spacial score (nSPS) is 16.2. The van der Waals surface area contributed by atoms with Gasteiger partial charge in [0.15, 0.2) is 11.6 Å². The number of nitrogens with zero attached hydrogens (tertiary/aromatic N) is 4. The van der Waals surface area contributed by atoms with Crippen molar-refractivity contribution in [3.8, 4) is 5.75 Å². The Bertz CT molecular complexity index is 1780. The van der Waals surface area contributed by atoms with Gasteiger partial charge in [-0.3, -0.25) is 14.5 Å². The standard InChI is InChI=1S/C28H22ClN5O3/c1-15(26-32-28(35)37-33-26)25-23-19(12-18-5-2-3-8-22(18)36-25)11-16(13-30-23)14-34-21-7-4-6-20(29)24(21)31-27(34)17-9-10-17/h2-8,11,13,17H,9-10,12,14H2,1H3,(H,32,33,35). The summed E-state index contributed by atoms with van der Waals surface area (Å²) in [6.07, 6.45) is 4.83. The van der Waals surface area contributed by atoms with E-state index >= 15 is 0 Å². The summed E-state index contributed by atoms with van der Waals surface area (Å²) in [6.45, 7) is 2.47. The number of nitrogens with one attached hydrogen (secondary N) is 1. The van der Waals surface area contributed by atoms with Crippen molar-refractivity contribution >= 4 is 34.0 Å². The molecule has 3 aromatic heterocycles. The molecule has 8 nitrogen and oxygen atoms in total. The van der Waals surface area contributed by atoms with Crippen molar-refractivity contribution in [3.63, 3.8) is 0 Å². The minimum atomic E-state index is -0.619. The van der Waals surface area contributed by atoms with E-state index in [-0.39, 0.29) is 0 Å². The van der Waals surface area contributed by atoms with E-state index in [0.29, 0.717) is 46.8 Å². The molecule has 1 aliphatic heterocycles. The molecule has 2 aromatic carbocycles. The quantitative estimate of drug-likeness (QED) is 0.339. The fourth-order valence-corrected chi connectivity index (χ4v) is 5.20. The number of benzene rings is 2. The van der Waals surface area contributed by atoms with Crippen LogP contribution < -0.4 is 10.5 Å². The molecule has 0 amide bonds. The van der Waals surface area contributed by atoms with Gasteiger partial charge in [-0.05, 0) is 60.7 Å². The van der Waals surface area contributed by atoms with E-state index in [9.17, 15) is 4.79 Å². The average Bonchev–Trinajstić information content (AvgIpc) is 3.58. The van der Waals surface area contributed by atoms with Crippen LogP contribution in [0.1, 0.15) is 59.7 Å². The minimum Gasteiger partial charge on any atom is -0.454 e. The molecule has 0 bridgehead atoms. The summed E-state index contributed by atoms with van der Waals surface area (Å²) in [5, 5.41) is 4.53. The minimum absolute atomic E-state index is 0.312. The molecule has 0 saturated heterocycles. The molecule has 5 aromatic rings. The first-order valence-electron chi connectivity index (χ1n) is 12.2. The van der Waals surface area contributed by atoms with Crippen LogP contribution >= 0.6 is 11.6 Å². The Hall–Kier alpha value is -4.17. The molecule has 1 N–H and O–H groups in total. The third-order valence-electron chi connectivity index (χ3n) is 6.98. The molecule has 1 fully saturated rings. The maximum Gasteiger partial charge on any atom is 0.439 e. The van der Waals surface area contributed by atoms with E-state index in [0.717, 1.165) is 52.1 Å². The monoisotopic (exact) mass is 511 g/mol. The molecule has 37 heavy (non-hydrogen) atoms. The predicted molar refractivity (Wildman–Crippen MR) is 140 cm³/mol. The van der Waals surface area contributed by atoms with Gasteiger partial charge in [0.05, 0.1) is 17.1 Å². The van der Waals surface area contributed by atoms with Crippen LogP contribution in [0.5, 0.6) is 5.75 Å². The lowest BCUT2D eigenvalue weighted by Gasteiger charge is -2.14. The van der Waals surface area contributed by atoms with Gasteiger partial charge >= 0.3 is 5.76 Å². The van der Waals surface area contributed by atoms with Gasteiger partial charge in [-0.25, -0.2) is 9.78 Å². The average molecular weight is 512 g/mol. The van der Waals surface area contributed by atoms with E-state index in [1.165, 1.54) is 0 Å². The Kier molecular flexibility index (Phi) is 5.04. The summed E-state index contributed by atoms with van der Waals surface area (Å²) in [7, 11) is 0. The molecule has 4 heterocycles. The number of rotatable bonds is 4. The summed E-state index contributed by atoms with van der Waals surface area (Å²) in [4.78, 5) is 24.0. The molecular formula is C28H22ClN5O3. The summed E-state index contributed by atoms with van der Waals surface area (Å²) in [5.74, 6) is 2.53. The lowest BCUT2D eigenvalue weighted by molar-refractivity contribution is 0.385. The first kappa shape index (κ1) is 22.1. The highest BCUT2D eigenvalue weighted by Crippen LogP contribution is 2.42. The van der Waals surface area contributed by atoms with Crippen molar-refractivity contribution < 1.29 is 9.26 Å². The van der Waals surface area contributed by atoms with Crippen LogP contribution in [-0.2, 0) is 13.0 Å². The second kappa shape index (κ2) is 8.45. The Labute approximate surface area is 216 Å². The lowest BCUT2D eigenvalue weighted by Crippen LogP contribution is -2.08. The largest absolute Gasteiger partial charge is 0.454 e. The van der Waals surface area contributed by atoms with Crippen molar-refractivity contribution in [2.24, 2.45) is 0 Å². The van der Waals surface area contributed by atoms with Crippen LogP contribution in [0.3, 0.4) is 0 Å². The summed E-state index contributed by atoms with van der Waals surface area (Å²) in [5.41, 5.74) is 6.36. The van der Waals surface area contributed by atoms with E-state index in [1.807, 2.05) is 43.5 Å². The van der Waals surface area contributed by atoms with Crippen LogP contribution in [0.4, 0.5) is 0 Å². The molecule has 184 valence electrons. The Morgan fingerprint density at radius 1 is 1.16 bits per heavy atom. The zero-order chi connectivity index (χ0) is 25.1. The molecule has 2 aliphatic rings. The SMILES string of the molecule is CC(=C1Oc2ccccc2Cc2cc(Cn3c(C4CC4)nc4c(Cl)cccc43)cnc21)c1noc(=O)[nH]1. The van der Waals surface area contributed by atoms with E-state index in [1.54, 1.807) is 0 Å². The van der Waals surface area contributed by atoms with Gasteiger partial charge in [-0.15, -0.1) is 0 Å². The van der Waals surface area contributed by atoms with Crippen molar-refractivity contribution in [3.05, 3.63) is 104 Å². The third-order valence-corrected chi connectivity index (χ3v) is 7.29. The van der Waals surface area contributed by atoms with Gasteiger partial charge in [0.1, 0.15) is 22.8 Å². The molecule has 0 spiro atoms. The van der Waals surface area contributed by atoms with E-state index in [2.05, 4.69) is 32.9 Å². The molecule has 0 radical (unpaired) electrons. The number of aromatic nitrogens is 5. The van der Waals surface area contributed by atoms with Crippen LogP contribution in [-0.4, -0.2) is 24.7 Å². The summed E-state index contributed by atoms with van der Waals surface area (Å²) in [6, 6.07) is 16.0. The zero-order valence-corrected chi connectivity index (χ0v) is 20.7. The second-order valence-electron chi connectivity index (χ2n) is 9.57. The first-order valence-corrected chi connectivity index (χ1v) is 12.6. The highest BCUT2D eigenvalue weighted by atomic mass is 35.5. The Morgan fingerprint density at radius 2 is 2.03 bits per heavy atom.